The van der Waals surface area contributed by atoms with Crippen molar-refractivity contribution in [1.29, 1.82) is 0 Å². The fourth-order valence-electron chi connectivity index (χ4n) is 3.49. The molecule has 0 fully saturated rings. The molecule has 0 aromatic carbocycles. The number of rotatable bonds is 8. The molecular formula is C21H26FN7O. The molecule has 8 nitrogen and oxygen atoms in total. The van der Waals surface area contributed by atoms with Crippen LogP contribution >= 0.6 is 0 Å². The topological polar surface area (TPSA) is 80.5 Å². The van der Waals surface area contributed by atoms with Crippen molar-refractivity contribution < 1.29 is 9.13 Å². The molecule has 0 aliphatic carbocycles. The molecule has 158 valence electrons. The largest absolute Gasteiger partial charge is 0.371 e. The van der Waals surface area contributed by atoms with E-state index in [1.54, 1.807) is 29.3 Å². The van der Waals surface area contributed by atoms with E-state index in [2.05, 4.69) is 27.3 Å². The standard InChI is InChI=1S/C21H26FN7O/c1-4-6-15-17(25-13-29-20(15)26-18(27-29)12-30-14(2)3)11-28-10-9-24-21(28)19-16(22)7-5-8-23-19/h5,7-10,13-14,21,24H,4,6,11-12H2,1-3H3. The predicted octanol–water partition coefficient (Wildman–Crippen LogP) is 3.11. The Bertz CT molecular complexity index is 1050. The third-order valence-electron chi connectivity index (χ3n) is 4.89. The van der Waals surface area contributed by atoms with Gasteiger partial charge in [0.2, 0.25) is 0 Å². The molecule has 4 rings (SSSR count). The summed E-state index contributed by atoms with van der Waals surface area (Å²) < 4.78 is 21.6. The fraction of sp³-hybridized carbons (Fsp3) is 0.429. The lowest BCUT2D eigenvalue weighted by atomic mass is 10.1. The quantitative estimate of drug-likeness (QED) is 0.610. The smallest absolute Gasteiger partial charge is 0.177 e. The summed E-state index contributed by atoms with van der Waals surface area (Å²) in [6, 6.07) is 3.01. The van der Waals surface area contributed by atoms with E-state index in [4.69, 9.17) is 9.72 Å². The van der Waals surface area contributed by atoms with Gasteiger partial charge in [0, 0.05) is 24.2 Å². The Hall–Kier alpha value is -3.07. The van der Waals surface area contributed by atoms with Crippen LogP contribution in [0.4, 0.5) is 4.39 Å². The van der Waals surface area contributed by atoms with Crippen molar-refractivity contribution in [2.45, 2.75) is 59.0 Å². The molecule has 9 heteroatoms. The van der Waals surface area contributed by atoms with E-state index in [0.717, 1.165) is 29.7 Å². The molecule has 1 atom stereocenters. The summed E-state index contributed by atoms with van der Waals surface area (Å²) in [7, 11) is 0. The lowest BCUT2D eigenvalue weighted by Gasteiger charge is -2.25. The lowest BCUT2D eigenvalue weighted by Crippen LogP contribution is -2.29. The van der Waals surface area contributed by atoms with Crippen LogP contribution in [0.3, 0.4) is 0 Å². The molecule has 0 amide bonds. The monoisotopic (exact) mass is 411 g/mol. The van der Waals surface area contributed by atoms with Gasteiger partial charge >= 0.3 is 0 Å². The Morgan fingerprint density at radius 2 is 2.17 bits per heavy atom. The van der Waals surface area contributed by atoms with Crippen LogP contribution in [0, 0.1) is 5.82 Å². The van der Waals surface area contributed by atoms with E-state index < -0.39 is 0 Å². The Kier molecular flexibility index (Phi) is 5.89. The summed E-state index contributed by atoms with van der Waals surface area (Å²) in [5.41, 5.74) is 3.09. The second-order valence-corrected chi connectivity index (χ2v) is 7.50. The molecule has 30 heavy (non-hydrogen) atoms. The second kappa shape index (κ2) is 8.74. The van der Waals surface area contributed by atoms with Crippen LogP contribution in [0.5, 0.6) is 0 Å². The number of halogens is 1. The summed E-state index contributed by atoms with van der Waals surface area (Å²) in [5.74, 6) is 0.296. The Morgan fingerprint density at radius 1 is 1.30 bits per heavy atom. The third kappa shape index (κ3) is 4.11. The zero-order valence-electron chi connectivity index (χ0n) is 17.4. The maximum atomic E-state index is 14.3. The van der Waals surface area contributed by atoms with Crippen molar-refractivity contribution in [2.24, 2.45) is 0 Å². The minimum atomic E-state index is -0.383. The summed E-state index contributed by atoms with van der Waals surface area (Å²) in [6.07, 6.45) is 8.47. The highest BCUT2D eigenvalue weighted by Gasteiger charge is 2.26. The van der Waals surface area contributed by atoms with Crippen LogP contribution in [0.2, 0.25) is 0 Å². The molecule has 0 saturated carbocycles. The van der Waals surface area contributed by atoms with Gasteiger partial charge in [-0.05, 0) is 32.4 Å². The number of aromatic nitrogens is 5. The third-order valence-corrected chi connectivity index (χ3v) is 4.89. The molecule has 0 saturated heterocycles. The summed E-state index contributed by atoms with van der Waals surface area (Å²) >= 11 is 0. The second-order valence-electron chi connectivity index (χ2n) is 7.50. The van der Waals surface area contributed by atoms with Gasteiger partial charge in [0.1, 0.15) is 30.6 Å². The van der Waals surface area contributed by atoms with E-state index in [-0.39, 0.29) is 18.1 Å². The highest BCUT2D eigenvalue weighted by Crippen LogP contribution is 2.26. The van der Waals surface area contributed by atoms with E-state index in [1.165, 1.54) is 6.07 Å². The van der Waals surface area contributed by atoms with E-state index in [0.29, 0.717) is 24.7 Å². The zero-order valence-corrected chi connectivity index (χ0v) is 17.4. The highest BCUT2D eigenvalue weighted by molar-refractivity contribution is 5.49. The lowest BCUT2D eigenvalue weighted by molar-refractivity contribution is 0.0614. The van der Waals surface area contributed by atoms with Crippen molar-refractivity contribution in [3.63, 3.8) is 0 Å². The van der Waals surface area contributed by atoms with Crippen LogP contribution in [0.25, 0.3) is 5.65 Å². The van der Waals surface area contributed by atoms with Crippen molar-refractivity contribution in [1.82, 2.24) is 34.8 Å². The first-order chi connectivity index (χ1) is 14.6. The first kappa shape index (κ1) is 20.2. The maximum Gasteiger partial charge on any atom is 0.177 e. The molecule has 4 heterocycles. The normalized spacial score (nSPS) is 16.0. The van der Waals surface area contributed by atoms with Crippen LogP contribution in [-0.2, 0) is 24.3 Å². The van der Waals surface area contributed by atoms with Gasteiger partial charge in [0.15, 0.2) is 11.5 Å². The van der Waals surface area contributed by atoms with E-state index in [9.17, 15) is 4.39 Å². The fourth-order valence-corrected chi connectivity index (χ4v) is 3.49. The van der Waals surface area contributed by atoms with Crippen molar-refractivity contribution in [3.05, 3.63) is 65.6 Å². The molecule has 0 bridgehead atoms. The molecule has 3 aromatic rings. The number of hydrogen-bond donors (Lipinski definition) is 1. The number of hydrogen-bond acceptors (Lipinski definition) is 7. The molecule has 1 N–H and O–H groups in total. The molecule has 1 aliphatic rings. The van der Waals surface area contributed by atoms with Gasteiger partial charge in [-0.25, -0.2) is 18.9 Å². The van der Waals surface area contributed by atoms with Crippen LogP contribution in [0.1, 0.15) is 56.1 Å². The SMILES string of the molecule is CCCc1c(CN2C=CNC2c2ncccc2F)ncn2nc(COC(C)C)nc12. The molecule has 1 aliphatic heterocycles. The van der Waals surface area contributed by atoms with Gasteiger partial charge < -0.3 is 15.0 Å². The van der Waals surface area contributed by atoms with Gasteiger partial charge in [-0.15, -0.1) is 5.10 Å². The number of nitrogens with zero attached hydrogens (tertiary/aromatic N) is 6. The molecule has 0 spiro atoms. The van der Waals surface area contributed by atoms with Crippen molar-refractivity contribution in [3.8, 4) is 0 Å². The van der Waals surface area contributed by atoms with Gasteiger partial charge in [0.25, 0.3) is 0 Å². The van der Waals surface area contributed by atoms with Gasteiger partial charge in [-0.1, -0.05) is 13.3 Å². The maximum absolute atomic E-state index is 14.3. The van der Waals surface area contributed by atoms with Crippen LogP contribution in [-0.4, -0.2) is 35.6 Å². The molecular weight excluding hydrogens is 385 g/mol. The number of fused-ring (bicyclic) bond motifs is 1. The number of pyridine rings is 1. The molecule has 1 unspecified atom stereocenters. The Balaban J connectivity index is 1.63. The number of nitrogens with one attached hydrogen (secondary N) is 1. The van der Waals surface area contributed by atoms with Crippen LogP contribution in [0.15, 0.2) is 37.1 Å². The summed E-state index contributed by atoms with van der Waals surface area (Å²) in [5, 5.41) is 7.66. The summed E-state index contributed by atoms with van der Waals surface area (Å²) in [4.78, 5) is 15.5. The molecule has 3 aromatic heterocycles. The van der Waals surface area contributed by atoms with Gasteiger partial charge in [-0.2, -0.15) is 0 Å². The van der Waals surface area contributed by atoms with Gasteiger partial charge in [0.05, 0.1) is 18.3 Å². The summed E-state index contributed by atoms with van der Waals surface area (Å²) in [6.45, 7) is 6.95. The van der Waals surface area contributed by atoms with Crippen molar-refractivity contribution in [2.75, 3.05) is 0 Å². The Labute approximate surface area is 174 Å². The highest BCUT2D eigenvalue weighted by atomic mass is 19.1. The zero-order chi connectivity index (χ0) is 21.1. The number of aryl methyl sites for hydroxylation is 1. The molecule has 0 radical (unpaired) electrons. The Morgan fingerprint density at radius 3 is 2.93 bits per heavy atom. The number of ether oxygens (including phenoxy) is 1. The first-order valence-electron chi connectivity index (χ1n) is 10.2. The first-order valence-corrected chi connectivity index (χ1v) is 10.2. The minimum Gasteiger partial charge on any atom is -0.371 e. The van der Waals surface area contributed by atoms with E-state index >= 15 is 0 Å². The minimum absolute atomic E-state index is 0.110. The van der Waals surface area contributed by atoms with Gasteiger partial charge in [-0.3, -0.25) is 4.98 Å². The van der Waals surface area contributed by atoms with Crippen molar-refractivity contribution >= 4 is 5.65 Å². The average molecular weight is 411 g/mol. The van der Waals surface area contributed by atoms with Crippen LogP contribution < -0.4 is 5.32 Å². The average Bonchev–Trinajstić information content (AvgIpc) is 3.35. The predicted molar refractivity (Wildman–Crippen MR) is 109 cm³/mol. The van der Waals surface area contributed by atoms with E-state index in [1.807, 2.05) is 24.9 Å².